The smallest absolute Gasteiger partial charge is 0.318 e. The lowest BCUT2D eigenvalue weighted by molar-refractivity contribution is -0.140. The molecule has 0 aromatic heterocycles. The fourth-order valence-corrected chi connectivity index (χ4v) is 1.59. The van der Waals surface area contributed by atoms with Crippen molar-refractivity contribution in [2.45, 2.75) is 6.42 Å². The summed E-state index contributed by atoms with van der Waals surface area (Å²) in [7, 11) is -1.44. The van der Waals surface area contributed by atoms with Gasteiger partial charge in [0.1, 0.15) is 6.54 Å². The molecule has 0 aromatic rings. The number of aliphatic carboxylic acids is 1. The lowest BCUT2D eigenvalue weighted by Crippen LogP contribution is -2.41. The third-order valence-corrected chi connectivity index (χ3v) is 3.19. The fourth-order valence-electron chi connectivity index (χ4n) is 0.734. The molecule has 0 aliphatic rings. The monoisotopic (exact) mass is 254 g/mol. The molecule has 94 valence electrons. The van der Waals surface area contributed by atoms with E-state index in [2.05, 4.69) is 4.74 Å². The quantitative estimate of drug-likeness (QED) is 0.529. The number of carbonyl (C=O) groups is 2. The van der Waals surface area contributed by atoms with Crippen molar-refractivity contribution in [3.63, 3.8) is 0 Å². The molecule has 0 saturated heterocycles. The minimum absolute atomic E-state index is 0.0817. The van der Waals surface area contributed by atoms with Crippen molar-refractivity contribution >= 4 is 22.1 Å². The highest BCUT2D eigenvalue weighted by Gasteiger charge is 2.19. The average molecular weight is 254 g/mol. The van der Waals surface area contributed by atoms with Crippen LogP contribution in [0.5, 0.6) is 0 Å². The van der Waals surface area contributed by atoms with Crippen LogP contribution in [-0.2, 0) is 24.5 Å². The third-order valence-electron chi connectivity index (χ3n) is 1.67. The van der Waals surface area contributed by atoms with Gasteiger partial charge < -0.3 is 9.84 Å². The summed E-state index contributed by atoms with van der Waals surface area (Å²) in [6.07, 6.45) is -0.0962. The minimum Gasteiger partial charge on any atom is -0.480 e. The molecule has 0 spiro atoms. The molecule has 0 heterocycles. The van der Waals surface area contributed by atoms with E-state index >= 15 is 0 Å². The summed E-state index contributed by atoms with van der Waals surface area (Å²) in [4.78, 5) is 20.9. The van der Waals surface area contributed by atoms with Crippen molar-refractivity contribution in [2.24, 2.45) is 0 Å². The fraction of sp³-hybridized carbons (Fsp3) is 0.714. The topological polar surface area (TPSA) is 113 Å². The number of hydrogen-bond donors (Lipinski definition) is 2. The molecule has 0 fully saturated rings. The van der Waals surface area contributed by atoms with Gasteiger partial charge in [0, 0.05) is 13.6 Å². The molecule has 8 nitrogen and oxygen atoms in total. The summed E-state index contributed by atoms with van der Waals surface area (Å²) >= 11 is 0. The van der Waals surface area contributed by atoms with Crippen molar-refractivity contribution in [1.82, 2.24) is 9.03 Å². The molecule has 0 amide bonds. The maximum Gasteiger partial charge on any atom is 0.318 e. The maximum absolute atomic E-state index is 11.3. The lowest BCUT2D eigenvalue weighted by Gasteiger charge is -2.15. The standard InChI is InChI=1S/C7H14N2O6S/c1-9(4-3-7(12)15-2)16(13,14)8-5-6(10)11/h8H,3-5H2,1-2H3,(H,10,11). The molecule has 0 saturated carbocycles. The first-order valence-electron chi connectivity index (χ1n) is 4.29. The van der Waals surface area contributed by atoms with Gasteiger partial charge in [-0.15, -0.1) is 0 Å². The number of carboxylic acid groups (broad SMARTS) is 1. The summed E-state index contributed by atoms with van der Waals surface area (Å²) in [5.74, 6) is -1.83. The van der Waals surface area contributed by atoms with E-state index in [1.165, 1.54) is 14.2 Å². The molecule has 0 rings (SSSR count). The first-order chi connectivity index (χ1) is 7.29. The van der Waals surface area contributed by atoms with E-state index < -0.39 is 28.7 Å². The van der Waals surface area contributed by atoms with Crippen molar-refractivity contribution in [1.29, 1.82) is 0 Å². The van der Waals surface area contributed by atoms with Crippen LogP contribution in [0.2, 0.25) is 0 Å². The number of methoxy groups -OCH3 is 1. The molecule has 0 radical (unpaired) electrons. The van der Waals surface area contributed by atoms with Gasteiger partial charge in [-0.3, -0.25) is 9.59 Å². The number of carboxylic acids is 1. The zero-order chi connectivity index (χ0) is 12.8. The SMILES string of the molecule is COC(=O)CCN(C)S(=O)(=O)NCC(=O)O. The Bertz CT molecular complexity index is 352. The Hall–Kier alpha value is -1.19. The molecule has 0 aromatic carbocycles. The van der Waals surface area contributed by atoms with Gasteiger partial charge in [0.2, 0.25) is 0 Å². The van der Waals surface area contributed by atoms with Crippen LogP contribution in [0.1, 0.15) is 6.42 Å². The number of rotatable bonds is 7. The second kappa shape index (κ2) is 6.40. The number of hydrogen-bond acceptors (Lipinski definition) is 5. The summed E-state index contributed by atoms with van der Waals surface area (Å²) in [6.45, 7) is -0.785. The van der Waals surface area contributed by atoms with E-state index in [-0.39, 0.29) is 13.0 Å². The Morgan fingerprint density at radius 3 is 2.44 bits per heavy atom. The van der Waals surface area contributed by atoms with Gasteiger partial charge in [-0.25, -0.2) is 0 Å². The first-order valence-corrected chi connectivity index (χ1v) is 5.73. The largest absolute Gasteiger partial charge is 0.480 e. The number of carbonyl (C=O) groups excluding carboxylic acids is 1. The molecule has 2 N–H and O–H groups in total. The van der Waals surface area contributed by atoms with Gasteiger partial charge >= 0.3 is 11.9 Å². The normalized spacial score (nSPS) is 11.4. The summed E-state index contributed by atoms with van der Waals surface area (Å²) in [5.41, 5.74) is 0. The predicted molar refractivity (Wildman–Crippen MR) is 53.8 cm³/mol. The van der Waals surface area contributed by atoms with Gasteiger partial charge in [0.05, 0.1) is 13.5 Å². The number of nitrogens with zero attached hydrogens (tertiary/aromatic N) is 1. The Balaban J connectivity index is 4.19. The van der Waals surface area contributed by atoms with Crippen LogP contribution in [0, 0.1) is 0 Å². The average Bonchev–Trinajstić information content (AvgIpc) is 2.22. The van der Waals surface area contributed by atoms with Crippen LogP contribution < -0.4 is 4.72 Å². The highest BCUT2D eigenvalue weighted by Crippen LogP contribution is 1.96. The maximum atomic E-state index is 11.3. The molecule has 0 bridgehead atoms. The molecule has 0 aliphatic heterocycles. The summed E-state index contributed by atoms with van der Waals surface area (Å²) in [6, 6.07) is 0. The van der Waals surface area contributed by atoms with Crippen LogP contribution in [-0.4, -0.2) is 57.0 Å². The molecule has 0 atom stereocenters. The third kappa shape index (κ3) is 5.63. The van der Waals surface area contributed by atoms with Gasteiger partial charge in [-0.1, -0.05) is 0 Å². The summed E-state index contributed by atoms with van der Waals surface area (Å²) < 4.78 is 29.7. The van der Waals surface area contributed by atoms with Gasteiger partial charge in [-0.2, -0.15) is 17.4 Å². The number of ether oxygens (including phenoxy) is 1. The number of nitrogens with one attached hydrogen (secondary N) is 1. The van der Waals surface area contributed by atoms with Gasteiger partial charge in [0.25, 0.3) is 10.2 Å². The first kappa shape index (κ1) is 14.8. The van der Waals surface area contributed by atoms with E-state index in [9.17, 15) is 18.0 Å². The number of esters is 1. The molecule has 0 unspecified atom stereocenters. The van der Waals surface area contributed by atoms with Crippen LogP contribution >= 0.6 is 0 Å². The van der Waals surface area contributed by atoms with Gasteiger partial charge in [-0.05, 0) is 0 Å². The van der Waals surface area contributed by atoms with E-state index in [1.54, 1.807) is 0 Å². The Labute approximate surface area is 93.4 Å². The van der Waals surface area contributed by atoms with Crippen molar-refractivity contribution in [2.75, 3.05) is 27.2 Å². The van der Waals surface area contributed by atoms with Crippen molar-refractivity contribution in [3.8, 4) is 0 Å². The zero-order valence-corrected chi connectivity index (χ0v) is 9.78. The van der Waals surface area contributed by atoms with E-state index in [0.717, 1.165) is 4.31 Å². The molecular weight excluding hydrogens is 240 g/mol. The van der Waals surface area contributed by atoms with Crippen LogP contribution in [0.25, 0.3) is 0 Å². The second-order valence-corrected chi connectivity index (χ2v) is 4.73. The van der Waals surface area contributed by atoms with Crippen LogP contribution in [0.3, 0.4) is 0 Å². The highest BCUT2D eigenvalue weighted by atomic mass is 32.2. The molecular formula is C7H14N2O6S. The summed E-state index contributed by atoms with van der Waals surface area (Å²) in [5, 5.41) is 8.30. The Kier molecular flexibility index (Phi) is 5.93. The lowest BCUT2D eigenvalue weighted by atomic mass is 10.4. The van der Waals surface area contributed by atoms with Crippen molar-refractivity contribution in [3.05, 3.63) is 0 Å². The van der Waals surface area contributed by atoms with E-state index in [0.29, 0.717) is 0 Å². The predicted octanol–water partition coefficient (Wildman–Crippen LogP) is -1.60. The molecule has 9 heteroatoms. The highest BCUT2D eigenvalue weighted by molar-refractivity contribution is 7.87. The Morgan fingerprint density at radius 2 is 2.00 bits per heavy atom. The molecule has 0 aliphatic carbocycles. The van der Waals surface area contributed by atoms with Crippen LogP contribution in [0.15, 0.2) is 0 Å². The van der Waals surface area contributed by atoms with E-state index in [1.807, 2.05) is 4.72 Å². The van der Waals surface area contributed by atoms with E-state index in [4.69, 9.17) is 5.11 Å². The van der Waals surface area contributed by atoms with Crippen molar-refractivity contribution < 1.29 is 27.9 Å². The minimum atomic E-state index is -3.86. The second-order valence-electron chi connectivity index (χ2n) is 2.87. The van der Waals surface area contributed by atoms with Crippen LogP contribution in [0.4, 0.5) is 0 Å². The Morgan fingerprint density at radius 1 is 1.44 bits per heavy atom. The molecule has 16 heavy (non-hydrogen) atoms. The van der Waals surface area contributed by atoms with Gasteiger partial charge in [0.15, 0.2) is 0 Å². The zero-order valence-electron chi connectivity index (χ0n) is 8.97.